The van der Waals surface area contributed by atoms with Crippen molar-refractivity contribution in [1.82, 2.24) is 4.90 Å². The molecule has 138 valence electrons. The van der Waals surface area contributed by atoms with E-state index in [1.807, 2.05) is 30.3 Å². The van der Waals surface area contributed by atoms with Gasteiger partial charge in [0.1, 0.15) is 6.29 Å². The van der Waals surface area contributed by atoms with Crippen LogP contribution >= 0.6 is 0 Å². The molecule has 0 saturated heterocycles. The van der Waals surface area contributed by atoms with Gasteiger partial charge in [-0.2, -0.15) is 0 Å². The van der Waals surface area contributed by atoms with E-state index in [2.05, 4.69) is 65.3 Å². The summed E-state index contributed by atoms with van der Waals surface area (Å²) >= 11 is 0. The molecule has 0 amide bonds. The predicted molar refractivity (Wildman–Crippen MR) is 111 cm³/mol. The molecular formula is C23H26N4. The van der Waals surface area contributed by atoms with Gasteiger partial charge in [-0.05, 0) is 24.1 Å². The lowest BCUT2D eigenvalue weighted by atomic mass is 10.0. The van der Waals surface area contributed by atoms with Gasteiger partial charge in [0.15, 0.2) is 0 Å². The first-order valence-corrected chi connectivity index (χ1v) is 9.35. The highest BCUT2D eigenvalue weighted by Gasteiger charge is 2.35. The van der Waals surface area contributed by atoms with E-state index in [-0.39, 0.29) is 12.5 Å². The van der Waals surface area contributed by atoms with Crippen LogP contribution in [0, 0.1) is 6.92 Å². The topological polar surface area (TPSA) is 58.5 Å². The van der Waals surface area contributed by atoms with Crippen LogP contribution in [0.5, 0.6) is 0 Å². The number of hydrogen-bond acceptors (Lipinski definition) is 4. The minimum Gasteiger partial charge on any atom is -0.339 e. The predicted octanol–water partition coefficient (Wildman–Crippen LogP) is 3.72. The molecule has 4 N–H and O–H groups in total. The fourth-order valence-electron chi connectivity index (χ4n) is 3.72. The van der Waals surface area contributed by atoms with Crippen LogP contribution in [0.1, 0.15) is 28.4 Å². The maximum atomic E-state index is 6.73. The zero-order valence-electron chi connectivity index (χ0n) is 15.6. The van der Waals surface area contributed by atoms with Crippen molar-refractivity contribution in [3.05, 3.63) is 101 Å². The number of nitrogens with two attached hydrogens (primary N) is 2. The first-order valence-electron chi connectivity index (χ1n) is 9.35. The highest BCUT2D eigenvalue weighted by molar-refractivity contribution is 5.57. The van der Waals surface area contributed by atoms with Crippen molar-refractivity contribution >= 4 is 5.69 Å². The van der Waals surface area contributed by atoms with Gasteiger partial charge in [-0.25, -0.2) is 4.90 Å². The molecule has 0 aliphatic carbocycles. The van der Waals surface area contributed by atoms with Crippen molar-refractivity contribution in [3.8, 4) is 0 Å². The van der Waals surface area contributed by atoms with E-state index >= 15 is 0 Å². The van der Waals surface area contributed by atoms with Crippen molar-refractivity contribution in [2.75, 3.05) is 4.90 Å². The third-order valence-electron chi connectivity index (χ3n) is 5.26. The van der Waals surface area contributed by atoms with Crippen LogP contribution < -0.4 is 16.4 Å². The van der Waals surface area contributed by atoms with Crippen molar-refractivity contribution in [1.29, 1.82) is 0 Å². The van der Waals surface area contributed by atoms with Gasteiger partial charge < -0.3 is 10.6 Å². The summed E-state index contributed by atoms with van der Waals surface area (Å²) in [5.74, 6) is 0. The van der Waals surface area contributed by atoms with Crippen LogP contribution in [0.2, 0.25) is 0 Å². The monoisotopic (exact) mass is 358 g/mol. The van der Waals surface area contributed by atoms with Gasteiger partial charge >= 0.3 is 0 Å². The van der Waals surface area contributed by atoms with E-state index in [0.29, 0.717) is 6.54 Å². The smallest absolute Gasteiger partial charge is 0.136 e. The fourth-order valence-corrected chi connectivity index (χ4v) is 3.72. The molecule has 0 aromatic heterocycles. The molecule has 1 aliphatic rings. The van der Waals surface area contributed by atoms with Gasteiger partial charge in [0, 0.05) is 24.3 Å². The van der Waals surface area contributed by atoms with Crippen LogP contribution in [0.15, 0.2) is 78.9 Å². The lowest BCUT2D eigenvalue weighted by Crippen LogP contribution is -2.59. The average molecular weight is 358 g/mol. The summed E-state index contributed by atoms with van der Waals surface area (Å²) < 4.78 is 0. The number of aryl methyl sites for hydroxylation is 1. The normalized spacial score (nSPS) is 19.7. The van der Waals surface area contributed by atoms with Crippen molar-refractivity contribution in [3.63, 3.8) is 0 Å². The maximum Gasteiger partial charge on any atom is 0.136 e. The summed E-state index contributed by atoms with van der Waals surface area (Å²) in [7, 11) is 0. The quantitative estimate of drug-likeness (QED) is 0.746. The van der Waals surface area contributed by atoms with Crippen LogP contribution in [-0.2, 0) is 13.1 Å². The summed E-state index contributed by atoms with van der Waals surface area (Å²) in [6.45, 7) is 3.56. The molecule has 1 heterocycles. The summed E-state index contributed by atoms with van der Waals surface area (Å²) in [6.07, 6.45) is -0.526. The molecule has 1 aliphatic heterocycles. The fraction of sp³-hybridized carbons (Fsp3) is 0.217. The lowest BCUT2D eigenvalue weighted by Gasteiger charge is -2.47. The number of anilines is 1. The first-order chi connectivity index (χ1) is 13.1. The van der Waals surface area contributed by atoms with E-state index in [4.69, 9.17) is 11.5 Å². The Morgan fingerprint density at radius 1 is 0.741 bits per heavy atom. The van der Waals surface area contributed by atoms with Gasteiger partial charge in [0.2, 0.25) is 0 Å². The van der Waals surface area contributed by atoms with Crippen LogP contribution in [0.25, 0.3) is 0 Å². The molecule has 27 heavy (non-hydrogen) atoms. The molecule has 0 spiro atoms. The van der Waals surface area contributed by atoms with Crippen LogP contribution in [0.3, 0.4) is 0 Å². The molecule has 3 aromatic carbocycles. The molecule has 4 nitrogen and oxygen atoms in total. The van der Waals surface area contributed by atoms with E-state index in [0.717, 1.165) is 17.8 Å². The zero-order valence-corrected chi connectivity index (χ0v) is 15.6. The minimum absolute atomic E-state index is 0.231. The Morgan fingerprint density at radius 2 is 1.37 bits per heavy atom. The molecule has 0 saturated carbocycles. The largest absolute Gasteiger partial charge is 0.339 e. The molecular weight excluding hydrogens is 332 g/mol. The Kier molecular flexibility index (Phi) is 4.94. The number of hydrogen-bond donors (Lipinski definition) is 2. The maximum absolute atomic E-state index is 6.73. The molecule has 2 unspecified atom stereocenters. The van der Waals surface area contributed by atoms with Crippen molar-refractivity contribution in [2.45, 2.75) is 32.5 Å². The van der Waals surface area contributed by atoms with Gasteiger partial charge in [-0.3, -0.25) is 5.73 Å². The number of nitrogens with zero attached hydrogens (tertiary/aromatic N) is 2. The molecule has 4 rings (SSSR count). The SMILES string of the molecule is Cc1ccc(CN2c3ccccc3C(N)N(Cc3ccccc3)C2N)cc1. The van der Waals surface area contributed by atoms with Gasteiger partial charge in [0.05, 0.1) is 6.17 Å². The molecule has 2 atom stereocenters. The molecule has 3 aromatic rings. The third kappa shape index (κ3) is 3.60. The number of benzene rings is 3. The Bertz CT molecular complexity index is 892. The first kappa shape index (κ1) is 17.7. The standard InChI is InChI=1S/C23H26N4/c1-17-11-13-19(14-12-17)15-26-21-10-6-5-9-20(21)22(24)27(23(26)25)16-18-7-3-2-4-8-18/h2-14,22-23H,15-16,24-25H2,1H3. The van der Waals surface area contributed by atoms with Gasteiger partial charge in [-0.15, -0.1) is 0 Å². The molecule has 0 bridgehead atoms. The summed E-state index contributed by atoms with van der Waals surface area (Å²) in [5, 5.41) is 0. The highest BCUT2D eigenvalue weighted by atomic mass is 15.5. The summed E-state index contributed by atoms with van der Waals surface area (Å²) in [5.41, 5.74) is 19.3. The van der Waals surface area contributed by atoms with E-state index in [9.17, 15) is 0 Å². The van der Waals surface area contributed by atoms with Crippen molar-refractivity contribution < 1.29 is 0 Å². The third-order valence-corrected chi connectivity index (χ3v) is 5.26. The highest BCUT2D eigenvalue weighted by Crippen LogP contribution is 2.36. The summed E-state index contributed by atoms with van der Waals surface area (Å²) in [6, 6.07) is 27.3. The van der Waals surface area contributed by atoms with Crippen LogP contribution in [-0.4, -0.2) is 11.2 Å². The van der Waals surface area contributed by atoms with Gasteiger partial charge in [0.25, 0.3) is 0 Å². The molecule has 0 fully saturated rings. The van der Waals surface area contributed by atoms with E-state index < -0.39 is 0 Å². The average Bonchev–Trinajstić information content (AvgIpc) is 2.71. The second-order valence-electron chi connectivity index (χ2n) is 7.19. The Morgan fingerprint density at radius 3 is 2.11 bits per heavy atom. The Labute approximate surface area is 161 Å². The Hall–Kier alpha value is -2.66. The zero-order chi connectivity index (χ0) is 18.8. The minimum atomic E-state index is -0.295. The van der Waals surface area contributed by atoms with E-state index in [1.165, 1.54) is 16.7 Å². The molecule has 0 radical (unpaired) electrons. The molecule has 4 heteroatoms. The Balaban J connectivity index is 1.68. The van der Waals surface area contributed by atoms with Gasteiger partial charge in [-0.1, -0.05) is 78.4 Å². The van der Waals surface area contributed by atoms with Crippen LogP contribution in [0.4, 0.5) is 5.69 Å². The number of fused-ring (bicyclic) bond motifs is 1. The number of rotatable bonds is 4. The number of para-hydroxylation sites is 1. The lowest BCUT2D eigenvalue weighted by molar-refractivity contribution is 0.112. The second kappa shape index (κ2) is 7.53. The van der Waals surface area contributed by atoms with E-state index in [1.54, 1.807) is 0 Å². The summed E-state index contributed by atoms with van der Waals surface area (Å²) in [4.78, 5) is 4.40. The van der Waals surface area contributed by atoms with Crippen molar-refractivity contribution in [2.24, 2.45) is 11.5 Å². The second-order valence-corrected chi connectivity index (χ2v) is 7.19.